The molecule has 5 heteroatoms. The van der Waals surface area contributed by atoms with Crippen molar-refractivity contribution in [2.75, 3.05) is 44.7 Å². The van der Waals surface area contributed by atoms with Crippen molar-refractivity contribution in [3.05, 3.63) is 59.7 Å². The Labute approximate surface area is 155 Å². The van der Waals surface area contributed by atoms with Gasteiger partial charge in [0.05, 0.1) is 19.3 Å². The second-order valence-electron chi connectivity index (χ2n) is 6.70. The molecule has 0 unspecified atom stereocenters. The van der Waals surface area contributed by atoms with Crippen molar-refractivity contribution >= 4 is 11.6 Å². The van der Waals surface area contributed by atoms with E-state index in [1.54, 1.807) is 7.11 Å². The lowest BCUT2D eigenvalue weighted by molar-refractivity contribution is -0.122. The number of methoxy groups -OCH3 is 1. The molecule has 3 rings (SSSR count). The monoisotopic (exact) mass is 353 g/mol. The van der Waals surface area contributed by atoms with Crippen molar-refractivity contribution in [2.45, 2.75) is 13.5 Å². The molecule has 1 N–H and O–H groups in total. The van der Waals surface area contributed by atoms with Crippen LogP contribution in [0, 0.1) is 6.92 Å². The fourth-order valence-corrected chi connectivity index (χ4v) is 3.20. The van der Waals surface area contributed by atoms with Crippen LogP contribution >= 0.6 is 0 Å². The van der Waals surface area contributed by atoms with E-state index in [0.29, 0.717) is 13.1 Å². The number of nitrogens with zero attached hydrogens (tertiary/aromatic N) is 2. The number of anilines is 1. The number of carbonyl (C=O) groups excluding carboxylic acids is 1. The lowest BCUT2D eigenvalue weighted by atomic mass is 10.1. The Morgan fingerprint density at radius 1 is 1.04 bits per heavy atom. The molecule has 0 aliphatic carbocycles. The van der Waals surface area contributed by atoms with E-state index in [4.69, 9.17) is 4.74 Å². The second kappa shape index (κ2) is 8.72. The van der Waals surface area contributed by atoms with Gasteiger partial charge in [-0.1, -0.05) is 42.0 Å². The van der Waals surface area contributed by atoms with Crippen LogP contribution in [0.15, 0.2) is 48.5 Å². The van der Waals surface area contributed by atoms with Gasteiger partial charge in [-0.05, 0) is 24.6 Å². The maximum atomic E-state index is 12.2. The summed E-state index contributed by atoms with van der Waals surface area (Å²) < 4.78 is 5.45. The number of hydrogen-bond acceptors (Lipinski definition) is 4. The molecule has 1 aliphatic rings. The van der Waals surface area contributed by atoms with Gasteiger partial charge in [0.1, 0.15) is 5.75 Å². The minimum atomic E-state index is 0.0799. The van der Waals surface area contributed by atoms with Crippen molar-refractivity contribution in [1.82, 2.24) is 10.2 Å². The van der Waals surface area contributed by atoms with Crippen molar-refractivity contribution in [2.24, 2.45) is 0 Å². The van der Waals surface area contributed by atoms with Gasteiger partial charge in [-0.2, -0.15) is 0 Å². The predicted octanol–water partition coefficient (Wildman–Crippen LogP) is 2.44. The molecular formula is C21H27N3O2. The van der Waals surface area contributed by atoms with Crippen LogP contribution < -0.4 is 15.0 Å². The third kappa shape index (κ3) is 4.76. The summed E-state index contributed by atoms with van der Waals surface area (Å²) in [5.74, 6) is 0.980. The maximum Gasteiger partial charge on any atom is 0.234 e. The summed E-state index contributed by atoms with van der Waals surface area (Å²) in [4.78, 5) is 16.7. The fraction of sp³-hybridized carbons (Fsp3) is 0.381. The zero-order valence-corrected chi connectivity index (χ0v) is 15.6. The second-order valence-corrected chi connectivity index (χ2v) is 6.70. The van der Waals surface area contributed by atoms with E-state index in [9.17, 15) is 4.79 Å². The van der Waals surface area contributed by atoms with Gasteiger partial charge in [0.15, 0.2) is 0 Å². The van der Waals surface area contributed by atoms with Gasteiger partial charge in [0.2, 0.25) is 5.91 Å². The maximum absolute atomic E-state index is 12.2. The van der Waals surface area contributed by atoms with Crippen LogP contribution in [0.5, 0.6) is 5.75 Å². The van der Waals surface area contributed by atoms with Crippen molar-refractivity contribution in [3.8, 4) is 5.75 Å². The van der Waals surface area contributed by atoms with Crippen LogP contribution in [-0.4, -0.2) is 50.6 Å². The quantitative estimate of drug-likeness (QED) is 0.866. The van der Waals surface area contributed by atoms with E-state index in [1.807, 2.05) is 18.2 Å². The van der Waals surface area contributed by atoms with E-state index in [0.717, 1.165) is 43.2 Å². The van der Waals surface area contributed by atoms with Gasteiger partial charge in [-0.15, -0.1) is 0 Å². The predicted molar refractivity (Wildman–Crippen MR) is 105 cm³/mol. The van der Waals surface area contributed by atoms with Crippen LogP contribution in [0.1, 0.15) is 11.1 Å². The van der Waals surface area contributed by atoms with Gasteiger partial charge >= 0.3 is 0 Å². The summed E-state index contributed by atoms with van der Waals surface area (Å²) in [7, 11) is 1.70. The number of para-hydroxylation sites is 2. The summed E-state index contributed by atoms with van der Waals surface area (Å²) in [6.45, 7) is 6.63. The Balaban J connectivity index is 1.44. The highest BCUT2D eigenvalue weighted by molar-refractivity contribution is 5.78. The summed E-state index contributed by atoms with van der Waals surface area (Å²) in [6, 6.07) is 16.3. The molecule has 1 saturated heterocycles. The number of hydrogen-bond donors (Lipinski definition) is 1. The molecule has 2 aromatic rings. The lowest BCUT2D eigenvalue weighted by Gasteiger charge is -2.36. The normalized spacial score (nSPS) is 14.9. The number of nitrogens with one attached hydrogen (secondary N) is 1. The molecule has 0 spiro atoms. The number of amides is 1. The zero-order valence-electron chi connectivity index (χ0n) is 15.6. The summed E-state index contributed by atoms with van der Waals surface area (Å²) in [5, 5.41) is 3.01. The van der Waals surface area contributed by atoms with Gasteiger partial charge in [-0.3, -0.25) is 9.69 Å². The molecular weight excluding hydrogens is 326 g/mol. The van der Waals surface area contributed by atoms with Crippen molar-refractivity contribution < 1.29 is 9.53 Å². The van der Waals surface area contributed by atoms with E-state index in [-0.39, 0.29) is 5.91 Å². The Bertz CT molecular complexity index is 722. The van der Waals surface area contributed by atoms with Crippen LogP contribution in [-0.2, 0) is 11.3 Å². The Hall–Kier alpha value is -2.53. The van der Waals surface area contributed by atoms with E-state index < -0.39 is 0 Å². The number of rotatable bonds is 6. The fourth-order valence-electron chi connectivity index (χ4n) is 3.20. The van der Waals surface area contributed by atoms with E-state index >= 15 is 0 Å². The molecule has 26 heavy (non-hydrogen) atoms. The van der Waals surface area contributed by atoms with Gasteiger partial charge < -0.3 is 15.0 Å². The Morgan fingerprint density at radius 2 is 1.73 bits per heavy atom. The van der Waals surface area contributed by atoms with Crippen molar-refractivity contribution in [3.63, 3.8) is 0 Å². The number of carbonyl (C=O) groups is 1. The summed E-state index contributed by atoms with van der Waals surface area (Å²) >= 11 is 0. The number of ether oxygens (including phenoxy) is 1. The van der Waals surface area contributed by atoms with Crippen LogP contribution in [0.2, 0.25) is 0 Å². The molecule has 0 saturated carbocycles. The number of piperazine rings is 1. The van der Waals surface area contributed by atoms with Gasteiger partial charge in [0.25, 0.3) is 0 Å². The molecule has 1 fully saturated rings. The molecule has 0 aromatic heterocycles. The molecule has 5 nitrogen and oxygen atoms in total. The first-order chi connectivity index (χ1) is 12.7. The first kappa shape index (κ1) is 18.3. The molecule has 1 heterocycles. The minimum absolute atomic E-state index is 0.0799. The highest BCUT2D eigenvalue weighted by atomic mass is 16.5. The largest absolute Gasteiger partial charge is 0.495 e. The highest BCUT2D eigenvalue weighted by Crippen LogP contribution is 2.28. The number of benzene rings is 2. The topological polar surface area (TPSA) is 44.8 Å². The number of aryl methyl sites for hydroxylation is 1. The third-order valence-corrected chi connectivity index (χ3v) is 4.78. The first-order valence-corrected chi connectivity index (χ1v) is 9.08. The lowest BCUT2D eigenvalue weighted by Crippen LogP contribution is -2.49. The Kier molecular flexibility index (Phi) is 6.12. The molecule has 0 bridgehead atoms. The molecule has 0 radical (unpaired) electrons. The SMILES string of the molecule is COc1ccccc1N1CCN(CC(=O)NCc2ccc(C)cc2)CC1. The zero-order chi connectivity index (χ0) is 18.4. The smallest absolute Gasteiger partial charge is 0.234 e. The average molecular weight is 353 g/mol. The van der Waals surface area contributed by atoms with Gasteiger partial charge in [0, 0.05) is 32.7 Å². The van der Waals surface area contributed by atoms with Crippen LogP contribution in [0.25, 0.3) is 0 Å². The Morgan fingerprint density at radius 3 is 2.42 bits per heavy atom. The summed E-state index contributed by atoms with van der Waals surface area (Å²) in [6.07, 6.45) is 0. The van der Waals surface area contributed by atoms with Crippen LogP contribution in [0.3, 0.4) is 0 Å². The van der Waals surface area contributed by atoms with Crippen LogP contribution in [0.4, 0.5) is 5.69 Å². The molecule has 1 amide bonds. The van der Waals surface area contributed by atoms with E-state index in [2.05, 4.69) is 52.4 Å². The average Bonchev–Trinajstić information content (AvgIpc) is 2.68. The molecule has 2 aromatic carbocycles. The van der Waals surface area contributed by atoms with Crippen molar-refractivity contribution in [1.29, 1.82) is 0 Å². The minimum Gasteiger partial charge on any atom is -0.495 e. The molecule has 1 aliphatic heterocycles. The highest BCUT2D eigenvalue weighted by Gasteiger charge is 2.20. The van der Waals surface area contributed by atoms with E-state index in [1.165, 1.54) is 5.56 Å². The first-order valence-electron chi connectivity index (χ1n) is 9.08. The molecule has 0 atom stereocenters. The standard InChI is InChI=1S/C21H27N3O2/c1-17-7-9-18(10-8-17)15-22-21(25)16-23-11-13-24(14-12-23)19-5-3-4-6-20(19)26-2/h3-10H,11-16H2,1-2H3,(H,22,25). The third-order valence-electron chi connectivity index (χ3n) is 4.78. The van der Waals surface area contributed by atoms with Gasteiger partial charge in [-0.25, -0.2) is 0 Å². The molecule has 138 valence electrons. The summed E-state index contributed by atoms with van der Waals surface area (Å²) in [5.41, 5.74) is 3.48.